The highest BCUT2D eigenvalue weighted by Crippen LogP contribution is 2.18. The molecule has 20 heavy (non-hydrogen) atoms. The van der Waals surface area contributed by atoms with E-state index in [4.69, 9.17) is 5.11 Å². The average Bonchev–Trinajstić information content (AvgIpc) is 2.78. The van der Waals surface area contributed by atoms with Crippen LogP contribution in [0.2, 0.25) is 0 Å². The van der Waals surface area contributed by atoms with Gasteiger partial charge in [-0.05, 0) is 44.2 Å². The molecule has 0 aliphatic heterocycles. The number of carbonyl (C=O) groups excluding carboxylic acids is 1. The first kappa shape index (κ1) is 16.5. The lowest BCUT2D eigenvalue weighted by atomic mass is 10.1. The van der Waals surface area contributed by atoms with Gasteiger partial charge in [0, 0.05) is 10.4 Å². The minimum atomic E-state index is -1.01. The predicted octanol–water partition coefficient (Wildman–Crippen LogP) is 2.71. The number of urea groups is 1. The molecular weight excluding hydrogens is 276 g/mol. The number of rotatable bonds is 5. The molecule has 0 radical (unpaired) electrons. The lowest BCUT2D eigenvalue weighted by molar-refractivity contribution is -0.138. The van der Waals surface area contributed by atoms with E-state index in [1.54, 1.807) is 11.3 Å². The van der Waals surface area contributed by atoms with E-state index in [1.165, 1.54) is 10.5 Å². The zero-order valence-corrected chi connectivity index (χ0v) is 13.2. The molecule has 1 rings (SSSR count). The third-order valence-electron chi connectivity index (χ3n) is 2.97. The van der Waals surface area contributed by atoms with Crippen molar-refractivity contribution in [1.82, 2.24) is 10.2 Å². The summed E-state index contributed by atoms with van der Waals surface area (Å²) in [6.07, 6.45) is 0.923. The van der Waals surface area contributed by atoms with Gasteiger partial charge in [-0.25, -0.2) is 4.79 Å². The van der Waals surface area contributed by atoms with Crippen molar-refractivity contribution in [3.63, 3.8) is 0 Å². The Morgan fingerprint density at radius 2 is 2.05 bits per heavy atom. The number of amides is 2. The molecule has 0 aliphatic carbocycles. The van der Waals surface area contributed by atoms with Crippen LogP contribution in [0.1, 0.15) is 38.1 Å². The topological polar surface area (TPSA) is 69.6 Å². The lowest BCUT2D eigenvalue weighted by Crippen LogP contribution is -2.52. The van der Waals surface area contributed by atoms with Crippen molar-refractivity contribution in [3.8, 4) is 0 Å². The number of aryl methyl sites for hydroxylation is 1. The molecule has 0 aliphatic rings. The molecule has 2 amide bonds. The highest BCUT2D eigenvalue weighted by molar-refractivity contribution is 7.10. The fraction of sp³-hybridized carbons (Fsp3) is 0.571. The summed E-state index contributed by atoms with van der Waals surface area (Å²) in [5.74, 6) is -1.01. The number of nitrogens with zero attached hydrogens (tertiary/aromatic N) is 1. The van der Waals surface area contributed by atoms with Crippen LogP contribution in [-0.4, -0.2) is 34.1 Å². The minimum absolute atomic E-state index is 0.305. The van der Waals surface area contributed by atoms with Gasteiger partial charge in [0.1, 0.15) is 6.54 Å². The zero-order valence-electron chi connectivity index (χ0n) is 12.4. The van der Waals surface area contributed by atoms with Gasteiger partial charge in [-0.2, -0.15) is 0 Å². The number of hydrogen-bond donors (Lipinski definition) is 2. The van der Waals surface area contributed by atoms with Crippen LogP contribution < -0.4 is 5.32 Å². The van der Waals surface area contributed by atoms with E-state index in [9.17, 15) is 9.59 Å². The summed E-state index contributed by atoms with van der Waals surface area (Å²) >= 11 is 1.60. The first-order valence-electron chi connectivity index (χ1n) is 6.58. The Bertz CT molecular complexity index is 477. The highest BCUT2D eigenvalue weighted by atomic mass is 32.1. The quantitative estimate of drug-likeness (QED) is 0.878. The van der Waals surface area contributed by atoms with Crippen LogP contribution in [0.3, 0.4) is 0 Å². The van der Waals surface area contributed by atoms with Gasteiger partial charge >= 0.3 is 12.0 Å². The van der Waals surface area contributed by atoms with E-state index in [0.717, 1.165) is 11.3 Å². The summed E-state index contributed by atoms with van der Waals surface area (Å²) in [7, 11) is 0. The van der Waals surface area contributed by atoms with Gasteiger partial charge in [0.05, 0.1) is 6.54 Å². The second-order valence-electron chi connectivity index (χ2n) is 5.53. The fourth-order valence-electron chi connectivity index (χ4n) is 1.84. The SMILES string of the molecule is CCc1ccsc1CNC(=O)N(CC(=O)O)C(C)(C)C. The van der Waals surface area contributed by atoms with Gasteiger partial charge in [-0.1, -0.05) is 6.92 Å². The molecule has 112 valence electrons. The van der Waals surface area contributed by atoms with E-state index in [-0.39, 0.29) is 12.6 Å². The van der Waals surface area contributed by atoms with Crippen molar-refractivity contribution in [2.45, 2.75) is 46.2 Å². The third-order valence-corrected chi connectivity index (χ3v) is 3.93. The Morgan fingerprint density at radius 3 is 2.55 bits per heavy atom. The molecule has 0 spiro atoms. The first-order valence-corrected chi connectivity index (χ1v) is 7.46. The molecule has 2 N–H and O–H groups in total. The molecular formula is C14H22N2O3S. The number of nitrogens with one attached hydrogen (secondary N) is 1. The van der Waals surface area contributed by atoms with Crippen molar-refractivity contribution in [2.75, 3.05) is 6.54 Å². The van der Waals surface area contributed by atoms with Crippen LogP contribution in [0.4, 0.5) is 4.79 Å². The standard InChI is InChI=1S/C14H22N2O3S/c1-5-10-6-7-20-11(10)8-15-13(19)16(9-12(17)18)14(2,3)4/h6-7H,5,8-9H2,1-4H3,(H,15,19)(H,17,18). The second-order valence-corrected chi connectivity index (χ2v) is 6.53. The van der Waals surface area contributed by atoms with Gasteiger partial charge in [-0.3, -0.25) is 4.79 Å². The lowest BCUT2D eigenvalue weighted by Gasteiger charge is -2.34. The van der Waals surface area contributed by atoms with Gasteiger partial charge in [0.15, 0.2) is 0 Å². The molecule has 0 aromatic carbocycles. The number of carboxylic acid groups (broad SMARTS) is 1. The monoisotopic (exact) mass is 298 g/mol. The Morgan fingerprint density at radius 1 is 1.40 bits per heavy atom. The number of hydrogen-bond acceptors (Lipinski definition) is 3. The van der Waals surface area contributed by atoms with Crippen molar-refractivity contribution >= 4 is 23.3 Å². The van der Waals surface area contributed by atoms with E-state index < -0.39 is 11.5 Å². The van der Waals surface area contributed by atoms with Gasteiger partial charge in [0.25, 0.3) is 0 Å². The Kier molecular flexibility index (Phi) is 5.56. The second kappa shape index (κ2) is 6.74. The van der Waals surface area contributed by atoms with Crippen molar-refractivity contribution in [2.24, 2.45) is 0 Å². The summed E-state index contributed by atoms with van der Waals surface area (Å²) in [6, 6.07) is 1.70. The summed E-state index contributed by atoms with van der Waals surface area (Å²) in [4.78, 5) is 25.5. The number of thiophene rings is 1. The average molecular weight is 298 g/mol. The van der Waals surface area contributed by atoms with E-state index in [2.05, 4.69) is 12.2 Å². The molecule has 5 nitrogen and oxygen atoms in total. The van der Waals surface area contributed by atoms with E-state index >= 15 is 0 Å². The molecule has 0 saturated carbocycles. The summed E-state index contributed by atoms with van der Waals surface area (Å²) in [5.41, 5.74) is 0.682. The fourth-order valence-corrected chi connectivity index (χ4v) is 2.75. The van der Waals surface area contributed by atoms with Crippen LogP contribution in [0.5, 0.6) is 0 Å². The summed E-state index contributed by atoms with van der Waals surface area (Å²) in [6.45, 7) is 7.65. The maximum atomic E-state index is 12.2. The van der Waals surface area contributed by atoms with Crippen LogP contribution in [0.25, 0.3) is 0 Å². The maximum Gasteiger partial charge on any atom is 0.323 e. The molecule has 1 aromatic rings. The van der Waals surface area contributed by atoms with Crippen molar-refractivity contribution in [1.29, 1.82) is 0 Å². The Labute approximate surface area is 123 Å². The largest absolute Gasteiger partial charge is 0.480 e. The van der Waals surface area contributed by atoms with Gasteiger partial charge in [0.2, 0.25) is 0 Å². The molecule has 1 aromatic heterocycles. The zero-order chi connectivity index (χ0) is 15.3. The number of carboxylic acids is 1. The van der Waals surface area contributed by atoms with Crippen LogP contribution in [0, 0.1) is 0 Å². The molecule has 0 atom stereocenters. The van der Waals surface area contributed by atoms with Gasteiger partial charge in [-0.15, -0.1) is 11.3 Å². The number of aliphatic carboxylic acids is 1. The summed E-state index contributed by atoms with van der Waals surface area (Å²) in [5, 5.41) is 13.7. The van der Waals surface area contributed by atoms with Crippen molar-refractivity contribution < 1.29 is 14.7 Å². The van der Waals surface area contributed by atoms with E-state index in [1.807, 2.05) is 32.2 Å². The highest BCUT2D eigenvalue weighted by Gasteiger charge is 2.28. The first-order chi connectivity index (χ1) is 9.25. The van der Waals surface area contributed by atoms with Crippen molar-refractivity contribution in [3.05, 3.63) is 21.9 Å². The maximum absolute atomic E-state index is 12.2. The van der Waals surface area contributed by atoms with Gasteiger partial charge < -0.3 is 15.3 Å². The van der Waals surface area contributed by atoms with Crippen LogP contribution in [0.15, 0.2) is 11.4 Å². The third kappa shape index (κ3) is 4.52. The normalized spacial score (nSPS) is 11.2. The summed E-state index contributed by atoms with van der Waals surface area (Å²) < 4.78 is 0. The molecule has 0 saturated heterocycles. The number of carbonyl (C=O) groups is 2. The smallest absolute Gasteiger partial charge is 0.323 e. The molecule has 1 heterocycles. The van der Waals surface area contributed by atoms with Crippen LogP contribution in [-0.2, 0) is 17.8 Å². The predicted molar refractivity (Wildman–Crippen MR) is 80.0 cm³/mol. The molecule has 0 unspecified atom stereocenters. The Hall–Kier alpha value is -1.56. The van der Waals surface area contributed by atoms with E-state index in [0.29, 0.717) is 6.54 Å². The van der Waals surface area contributed by atoms with Crippen LogP contribution >= 0.6 is 11.3 Å². The molecule has 6 heteroatoms. The molecule has 0 fully saturated rings. The Balaban J connectivity index is 2.69. The molecule has 0 bridgehead atoms. The minimum Gasteiger partial charge on any atom is -0.480 e.